The molecule has 0 fully saturated rings. The minimum atomic E-state index is 0.856. The maximum atomic E-state index is 4.26. The van der Waals surface area contributed by atoms with Crippen molar-refractivity contribution in [3.8, 4) is 0 Å². The molecule has 18 heavy (non-hydrogen) atoms. The summed E-state index contributed by atoms with van der Waals surface area (Å²) in [6.45, 7) is 6.06. The summed E-state index contributed by atoms with van der Waals surface area (Å²) in [6.07, 6.45) is 3.72. The Balaban J connectivity index is 1.63. The van der Waals surface area contributed by atoms with Gasteiger partial charge in [-0.05, 0) is 31.5 Å². The zero-order valence-electron chi connectivity index (χ0n) is 10.6. The van der Waals surface area contributed by atoms with Crippen LogP contribution in [0.1, 0.15) is 15.3 Å². The van der Waals surface area contributed by atoms with Crippen LogP contribution in [0.25, 0.3) is 0 Å². The van der Waals surface area contributed by atoms with Crippen molar-refractivity contribution in [3.05, 3.63) is 39.8 Å². The van der Waals surface area contributed by atoms with E-state index in [0.717, 1.165) is 29.6 Å². The molecule has 3 nitrogen and oxygen atoms in total. The van der Waals surface area contributed by atoms with Crippen molar-refractivity contribution in [2.75, 3.05) is 12.3 Å². The fraction of sp³-hybridized carbons (Fsp3) is 0.385. The van der Waals surface area contributed by atoms with Crippen molar-refractivity contribution in [2.24, 2.45) is 0 Å². The molecule has 0 radical (unpaired) electrons. The SMILES string of the molecule is Cc1cnc(SCCNCc2ccc(C)s2)nc1. The Hall–Kier alpha value is -0.910. The lowest BCUT2D eigenvalue weighted by Crippen LogP contribution is -2.15. The Kier molecular flexibility index (Phi) is 5.16. The zero-order valence-corrected chi connectivity index (χ0v) is 12.3. The number of aryl methyl sites for hydroxylation is 2. The van der Waals surface area contributed by atoms with Gasteiger partial charge in [-0.25, -0.2) is 9.97 Å². The van der Waals surface area contributed by atoms with E-state index in [1.807, 2.05) is 30.7 Å². The highest BCUT2D eigenvalue weighted by atomic mass is 32.2. The quantitative estimate of drug-likeness (QED) is 0.501. The van der Waals surface area contributed by atoms with Crippen LogP contribution in [0.4, 0.5) is 0 Å². The first-order valence-electron chi connectivity index (χ1n) is 5.91. The molecular weight excluding hydrogens is 262 g/mol. The molecule has 2 heterocycles. The van der Waals surface area contributed by atoms with Gasteiger partial charge >= 0.3 is 0 Å². The minimum Gasteiger partial charge on any atom is -0.311 e. The first-order chi connectivity index (χ1) is 8.74. The summed E-state index contributed by atoms with van der Waals surface area (Å²) in [5.74, 6) is 0.993. The predicted octanol–water partition coefficient (Wildman–Crippen LogP) is 3.04. The van der Waals surface area contributed by atoms with Crippen molar-refractivity contribution in [1.82, 2.24) is 15.3 Å². The van der Waals surface area contributed by atoms with Gasteiger partial charge in [0.25, 0.3) is 0 Å². The second kappa shape index (κ2) is 6.87. The van der Waals surface area contributed by atoms with Gasteiger partial charge in [0.1, 0.15) is 0 Å². The molecular formula is C13H17N3S2. The lowest BCUT2D eigenvalue weighted by Gasteiger charge is -2.02. The van der Waals surface area contributed by atoms with Crippen LogP contribution in [0.15, 0.2) is 29.7 Å². The third-order valence-electron chi connectivity index (χ3n) is 2.36. The standard InChI is InChI=1S/C13H17N3S2/c1-10-7-15-13(16-8-10)17-6-5-14-9-12-4-3-11(2)18-12/h3-4,7-8,14H,5-6,9H2,1-2H3. The van der Waals surface area contributed by atoms with Gasteiger partial charge in [-0.1, -0.05) is 11.8 Å². The summed E-state index contributed by atoms with van der Waals surface area (Å²) in [5.41, 5.74) is 1.10. The van der Waals surface area contributed by atoms with Gasteiger partial charge in [0.2, 0.25) is 0 Å². The number of hydrogen-bond donors (Lipinski definition) is 1. The number of thiophene rings is 1. The van der Waals surface area contributed by atoms with Gasteiger partial charge in [0, 0.05) is 41.0 Å². The van der Waals surface area contributed by atoms with E-state index >= 15 is 0 Å². The van der Waals surface area contributed by atoms with Crippen LogP contribution in [0.5, 0.6) is 0 Å². The normalized spacial score (nSPS) is 10.8. The fourth-order valence-corrected chi connectivity index (χ4v) is 3.00. The van der Waals surface area contributed by atoms with E-state index in [2.05, 4.69) is 34.3 Å². The summed E-state index contributed by atoms with van der Waals surface area (Å²) in [7, 11) is 0. The molecule has 0 amide bonds. The van der Waals surface area contributed by atoms with Crippen LogP contribution in [0, 0.1) is 13.8 Å². The molecule has 2 aromatic rings. The second-order valence-electron chi connectivity index (χ2n) is 4.08. The molecule has 5 heteroatoms. The highest BCUT2D eigenvalue weighted by Crippen LogP contribution is 2.14. The van der Waals surface area contributed by atoms with E-state index in [1.54, 1.807) is 11.8 Å². The van der Waals surface area contributed by atoms with Gasteiger partial charge in [0.05, 0.1) is 0 Å². The lowest BCUT2D eigenvalue weighted by molar-refractivity contribution is 0.740. The molecule has 0 unspecified atom stereocenters. The topological polar surface area (TPSA) is 37.8 Å². The number of hydrogen-bond acceptors (Lipinski definition) is 5. The fourth-order valence-electron chi connectivity index (χ4n) is 1.46. The molecule has 0 atom stereocenters. The number of thioether (sulfide) groups is 1. The van der Waals surface area contributed by atoms with Crippen LogP contribution in [-0.4, -0.2) is 22.3 Å². The van der Waals surface area contributed by atoms with Crippen LogP contribution >= 0.6 is 23.1 Å². The molecule has 0 saturated heterocycles. The Morgan fingerprint density at radius 1 is 1.22 bits per heavy atom. The number of nitrogens with zero attached hydrogens (tertiary/aromatic N) is 2. The summed E-state index contributed by atoms with van der Waals surface area (Å²) in [5, 5.41) is 4.29. The van der Waals surface area contributed by atoms with Gasteiger partial charge in [0.15, 0.2) is 5.16 Å². The van der Waals surface area contributed by atoms with E-state index in [-0.39, 0.29) is 0 Å². The molecule has 2 aromatic heterocycles. The molecule has 1 N–H and O–H groups in total. The van der Waals surface area contributed by atoms with Crippen molar-refractivity contribution in [3.63, 3.8) is 0 Å². The van der Waals surface area contributed by atoms with Crippen molar-refractivity contribution in [1.29, 1.82) is 0 Å². The van der Waals surface area contributed by atoms with E-state index in [1.165, 1.54) is 9.75 Å². The van der Waals surface area contributed by atoms with Gasteiger partial charge in [-0.15, -0.1) is 11.3 Å². The maximum absolute atomic E-state index is 4.26. The molecule has 0 aromatic carbocycles. The Morgan fingerprint density at radius 3 is 2.67 bits per heavy atom. The summed E-state index contributed by atoms with van der Waals surface area (Å²) in [6, 6.07) is 4.35. The maximum Gasteiger partial charge on any atom is 0.187 e. The van der Waals surface area contributed by atoms with Crippen LogP contribution in [0.2, 0.25) is 0 Å². The largest absolute Gasteiger partial charge is 0.311 e. The van der Waals surface area contributed by atoms with Crippen LogP contribution in [-0.2, 0) is 6.54 Å². The third-order valence-corrected chi connectivity index (χ3v) is 4.24. The highest BCUT2D eigenvalue weighted by Gasteiger charge is 1.98. The summed E-state index contributed by atoms with van der Waals surface area (Å²) in [4.78, 5) is 11.3. The summed E-state index contributed by atoms with van der Waals surface area (Å²) < 4.78 is 0. The van der Waals surface area contributed by atoms with E-state index in [4.69, 9.17) is 0 Å². The average molecular weight is 279 g/mol. The Morgan fingerprint density at radius 2 is 2.00 bits per heavy atom. The molecule has 0 aliphatic carbocycles. The predicted molar refractivity (Wildman–Crippen MR) is 78.3 cm³/mol. The second-order valence-corrected chi connectivity index (χ2v) is 6.52. The zero-order chi connectivity index (χ0) is 12.8. The van der Waals surface area contributed by atoms with Gasteiger partial charge in [-0.3, -0.25) is 0 Å². The molecule has 0 aliphatic heterocycles. The van der Waals surface area contributed by atoms with Crippen molar-refractivity contribution >= 4 is 23.1 Å². The first-order valence-corrected chi connectivity index (χ1v) is 7.72. The monoisotopic (exact) mass is 279 g/mol. The highest BCUT2D eigenvalue weighted by molar-refractivity contribution is 7.99. The average Bonchev–Trinajstić information content (AvgIpc) is 2.77. The minimum absolute atomic E-state index is 0.856. The van der Waals surface area contributed by atoms with E-state index in [9.17, 15) is 0 Å². The lowest BCUT2D eigenvalue weighted by atomic mass is 10.4. The third kappa shape index (κ3) is 4.40. The molecule has 2 rings (SSSR count). The molecule has 0 spiro atoms. The van der Waals surface area contributed by atoms with Gasteiger partial charge < -0.3 is 5.32 Å². The smallest absolute Gasteiger partial charge is 0.187 e. The Labute approximate surface area is 116 Å². The van der Waals surface area contributed by atoms with E-state index in [0.29, 0.717) is 0 Å². The summed E-state index contributed by atoms with van der Waals surface area (Å²) >= 11 is 3.54. The van der Waals surface area contributed by atoms with Gasteiger partial charge in [-0.2, -0.15) is 0 Å². The van der Waals surface area contributed by atoms with Crippen LogP contribution < -0.4 is 5.32 Å². The first kappa shape index (κ1) is 13.5. The van der Waals surface area contributed by atoms with Crippen molar-refractivity contribution < 1.29 is 0 Å². The molecule has 0 bridgehead atoms. The number of rotatable bonds is 6. The molecule has 96 valence electrons. The van der Waals surface area contributed by atoms with Crippen LogP contribution in [0.3, 0.4) is 0 Å². The van der Waals surface area contributed by atoms with E-state index < -0.39 is 0 Å². The number of nitrogens with one attached hydrogen (secondary N) is 1. The Bertz CT molecular complexity index is 479. The number of aromatic nitrogens is 2. The molecule has 0 saturated carbocycles. The molecule has 0 aliphatic rings. The van der Waals surface area contributed by atoms with Crippen molar-refractivity contribution in [2.45, 2.75) is 25.5 Å².